The predicted molar refractivity (Wildman–Crippen MR) is 72.7 cm³/mol. The summed E-state index contributed by atoms with van der Waals surface area (Å²) in [5.74, 6) is 1.56. The fourth-order valence-electron chi connectivity index (χ4n) is 2.04. The quantitative estimate of drug-likeness (QED) is 0.912. The number of aromatic nitrogens is 2. The average Bonchev–Trinajstić information content (AvgIpc) is 2.49. The van der Waals surface area contributed by atoms with E-state index in [0.29, 0.717) is 36.2 Å². The van der Waals surface area contributed by atoms with Crippen molar-refractivity contribution in [3.63, 3.8) is 0 Å². The van der Waals surface area contributed by atoms with E-state index < -0.39 is 5.82 Å². The van der Waals surface area contributed by atoms with Crippen molar-refractivity contribution in [1.29, 1.82) is 0 Å². The molecule has 1 N–H and O–H groups in total. The summed E-state index contributed by atoms with van der Waals surface area (Å²) in [6.07, 6.45) is 0. The molecule has 0 amide bonds. The summed E-state index contributed by atoms with van der Waals surface area (Å²) in [5.41, 5.74) is 1.06. The molecule has 20 heavy (non-hydrogen) atoms. The minimum atomic E-state index is -0.436. The zero-order valence-corrected chi connectivity index (χ0v) is 11.2. The largest absolute Gasteiger partial charge is 0.486 e. The highest BCUT2D eigenvalue weighted by Gasteiger charge is 2.16. The lowest BCUT2D eigenvalue weighted by Gasteiger charge is -2.18. The second-order valence-corrected chi connectivity index (χ2v) is 4.40. The number of benzene rings is 1. The topological polar surface area (TPSA) is 56.3 Å². The number of hydrogen-bond acceptors (Lipinski definition) is 5. The lowest BCUT2D eigenvalue weighted by molar-refractivity contribution is 0.171. The number of nitrogens with zero attached hydrogens (tertiary/aromatic N) is 2. The first kappa shape index (κ1) is 12.7. The molecule has 1 aromatic carbocycles. The van der Waals surface area contributed by atoms with Crippen LogP contribution in [0.15, 0.2) is 18.2 Å². The summed E-state index contributed by atoms with van der Waals surface area (Å²) < 4.78 is 24.7. The number of anilines is 1. The van der Waals surface area contributed by atoms with Crippen LogP contribution in [0.3, 0.4) is 0 Å². The smallest absolute Gasteiger partial charge is 0.186 e. The SMILES string of the molecule is CNc1nc(-c2ccc3c(c2)OCCO3)nc(C)c1F. The van der Waals surface area contributed by atoms with E-state index in [2.05, 4.69) is 15.3 Å². The Hall–Kier alpha value is -2.37. The number of halogens is 1. The third-order valence-corrected chi connectivity index (χ3v) is 3.05. The maximum Gasteiger partial charge on any atom is 0.186 e. The highest BCUT2D eigenvalue weighted by molar-refractivity contribution is 5.63. The summed E-state index contributed by atoms with van der Waals surface area (Å²) >= 11 is 0. The molecule has 1 aromatic heterocycles. The minimum Gasteiger partial charge on any atom is -0.486 e. The van der Waals surface area contributed by atoms with E-state index in [0.717, 1.165) is 5.56 Å². The fraction of sp³-hybridized carbons (Fsp3) is 0.286. The summed E-state index contributed by atoms with van der Waals surface area (Å²) in [6, 6.07) is 5.45. The number of nitrogens with one attached hydrogen (secondary N) is 1. The van der Waals surface area contributed by atoms with Crippen LogP contribution in [-0.4, -0.2) is 30.2 Å². The van der Waals surface area contributed by atoms with E-state index in [9.17, 15) is 4.39 Å². The molecule has 0 unspecified atom stereocenters. The molecule has 0 saturated carbocycles. The van der Waals surface area contributed by atoms with Crippen molar-refractivity contribution in [2.24, 2.45) is 0 Å². The molecular formula is C14H14FN3O2. The van der Waals surface area contributed by atoms with Crippen LogP contribution in [0, 0.1) is 12.7 Å². The molecule has 1 aliphatic rings. The number of hydrogen-bond donors (Lipinski definition) is 1. The predicted octanol–water partition coefficient (Wildman–Crippen LogP) is 2.40. The summed E-state index contributed by atoms with van der Waals surface area (Å²) in [6.45, 7) is 2.67. The molecule has 0 spiro atoms. The second kappa shape index (κ2) is 4.96. The van der Waals surface area contributed by atoms with Crippen molar-refractivity contribution in [3.8, 4) is 22.9 Å². The van der Waals surface area contributed by atoms with Gasteiger partial charge in [-0.15, -0.1) is 0 Å². The first-order valence-electron chi connectivity index (χ1n) is 6.31. The number of ether oxygens (including phenoxy) is 2. The van der Waals surface area contributed by atoms with Crippen LogP contribution in [0.2, 0.25) is 0 Å². The van der Waals surface area contributed by atoms with Crippen molar-refractivity contribution < 1.29 is 13.9 Å². The normalized spacial score (nSPS) is 13.2. The Bertz CT molecular complexity index is 661. The highest BCUT2D eigenvalue weighted by atomic mass is 19.1. The van der Waals surface area contributed by atoms with Crippen molar-refractivity contribution >= 4 is 5.82 Å². The van der Waals surface area contributed by atoms with Crippen LogP contribution in [0.1, 0.15) is 5.69 Å². The van der Waals surface area contributed by atoms with Crippen LogP contribution >= 0.6 is 0 Å². The van der Waals surface area contributed by atoms with Gasteiger partial charge in [0.1, 0.15) is 13.2 Å². The van der Waals surface area contributed by atoms with Gasteiger partial charge in [0.15, 0.2) is 29.0 Å². The summed E-state index contributed by atoms with van der Waals surface area (Å²) in [7, 11) is 1.62. The standard InChI is InChI=1S/C14H14FN3O2/c1-8-12(15)14(16-2)18-13(17-8)9-3-4-10-11(7-9)20-6-5-19-10/h3-4,7H,5-6H2,1-2H3,(H,16,17,18). The molecular weight excluding hydrogens is 261 g/mol. The van der Waals surface area contributed by atoms with Crippen molar-refractivity contribution in [1.82, 2.24) is 9.97 Å². The molecule has 2 heterocycles. The van der Waals surface area contributed by atoms with E-state index in [1.165, 1.54) is 0 Å². The first-order valence-corrected chi connectivity index (χ1v) is 6.31. The van der Waals surface area contributed by atoms with Gasteiger partial charge >= 0.3 is 0 Å². The molecule has 0 fully saturated rings. The van der Waals surface area contributed by atoms with Crippen molar-refractivity contribution in [2.75, 3.05) is 25.6 Å². The monoisotopic (exact) mass is 275 g/mol. The fourth-order valence-corrected chi connectivity index (χ4v) is 2.04. The number of aryl methyl sites for hydroxylation is 1. The Morgan fingerprint density at radius 2 is 1.90 bits per heavy atom. The van der Waals surface area contributed by atoms with Gasteiger partial charge in [0.05, 0.1) is 5.69 Å². The van der Waals surface area contributed by atoms with Gasteiger partial charge in [0, 0.05) is 12.6 Å². The summed E-state index contributed by atoms with van der Waals surface area (Å²) in [4.78, 5) is 8.36. The Morgan fingerprint density at radius 3 is 2.65 bits per heavy atom. The molecule has 0 atom stereocenters. The van der Waals surface area contributed by atoms with Crippen molar-refractivity contribution in [3.05, 3.63) is 29.7 Å². The average molecular weight is 275 g/mol. The van der Waals surface area contributed by atoms with Crippen LogP contribution in [0.25, 0.3) is 11.4 Å². The minimum absolute atomic E-state index is 0.183. The van der Waals surface area contributed by atoms with Crippen LogP contribution in [0.5, 0.6) is 11.5 Å². The van der Waals surface area contributed by atoms with Gasteiger partial charge in [-0.3, -0.25) is 0 Å². The van der Waals surface area contributed by atoms with Gasteiger partial charge in [-0.1, -0.05) is 0 Å². The molecule has 0 bridgehead atoms. The van der Waals surface area contributed by atoms with E-state index in [1.807, 2.05) is 12.1 Å². The Balaban J connectivity index is 2.07. The third kappa shape index (κ3) is 2.13. The van der Waals surface area contributed by atoms with Gasteiger partial charge in [-0.25, -0.2) is 14.4 Å². The summed E-state index contributed by atoms with van der Waals surface area (Å²) in [5, 5.41) is 2.73. The van der Waals surface area contributed by atoms with Gasteiger partial charge in [0.2, 0.25) is 0 Å². The molecule has 6 heteroatoms. The Morgan fingerprint density at radius 1 is 1.15 bits per heavy atom. The first-order chi connectivity index (χ1) is 9.69. The van der Waals surface area contributed by atoms with Gasteiger partial charge in [-0.05, 0) is 25.1 Å². The maximum absolute atomic E-state index is 13.7. The molecule has 0 radical (unpaired) electrons. The Labute approximate surface area is 115 Å². The molecule has 104 valence electrons. The van der Waals surface area contributed by atoms with Crippen LogP contribution in [-0.2, 0) is 0 Å². The molecule has 0 aliphatic carbocycles. The van der Waals surface area contributed by atoms with Crippen molar-refractivity contribution in [2.45, 2.75) is 6.92 Å². The zero-order chi connectivity index (χ0) is 14.1. The zero-order valence-electron chi connectivity index (χ0n) is 11.2. The van der Waals surface area contributed by atoms with E-state index in [-0.39, 0.29) is 5.82 Å². The lowest BCUT2D eigenvalue weighted by atomic mass is 10.1. The van der Waals surface area contributed by atoms with Gasteiger partial charge in [-0.2, -0.15) is 0 Å². The second-order valence-electron chi connectivity index (χ2n) is 4.40. The molecule has 0 saturated heterocycles. The molecule has 3 rings (SSSR count). The van der Waals surface area contributed by atoms with E-state index in [1.54, 1.807) is 20.0 Å². The van der Waals surface area contributed by atoms with E-state index >= 15 is 0 Å². The lowest BCUT2D eigenvalue weighted by Crippen LogP contribution is -2.15. The number of rotatable bonds is 2. The molecule has 1 aliphatic heterocycles. The van der Waals surface area contributed by atoms with Crippen LogP contribution < -0.4 is 14.8 Å². The third-order valence-electron chi connectivity index (χ3n) is 3.05. The van der Waals surface area contributed by atoms with E-state index in [4.69, 9.17) is 9.47 Å². The molecule has 5 nitrogen and oxygen atoms in total. The highest BCUT2D eigenvalue weighted by Crippen LogP contribution is 2.34. The van der Waals surface area contributed by atoms with Crippen LogP contribution in [0.4, 0.5) is 10.2 Å². The Kier molecular flexibility index (Phi) is 3.14. The van der Waals surface area contributed by atoms with Gasteiger partial charge < -0.3 is 14.8 Å². The maximum atomic E-state index is 13.7. The molecule has 2 aromatic rings. The number of fused-ring (bicyclic) bond motifs is 1. The van der Waals surface area contributed by atoms with Gasteiger partial charge in [0.25, 0.3) is 0 Å².